The van der Waals surface area contributed by atoms with E-state index in [1.54, 1.807) is 22.9 Å². The van der Waals surface area contributed by atoms with E-state index in [1.807, 2.05) is 42.6 Å². The smallest absolute Gasteiger partial charge is 0.244 e. The molecule has 0 spiro atoms. The second-order valence-corrected chi connectivity index (χ2v) is 6.66. The fourth-order valence-electron chi connectivity index (χ4n) is 1.99. The first-order valence-electron chi connectivity index (χ1n) is 7.08. The van der Waals surface area contributed by atoms with Crippen molar-refractivity contribution in [2.75, 3.05) is 0 Å². The van der Waals surface area contributed by atoms with E-state index in [0.717, 1.165) is 26.8 Å². The van der Waals surface area contributed by atoms with Crippen molar-refractivity contribution in [3.8, 4) is 10.6 Å². The Bertz CT molecular complexity index is 808. The van der Waals surface area contributed by atoms with Gasteiger partial charge < -0.3 is 5.32 Å². The Morgan fingerprint density at radius 1 is 1.30 bits per heavy atom. The number of nitrogens with one attached hydrogen (secondary N) is 1. The van der Waals surface area contributed by atoms with E-state index in [1.165, 1.54) is 17.4 Å². The summed E-state index contributed by atoms with van der Waals surface area (Å²) in [7, 11) is 0. The van der Waals surface area contributed by atoms with Crippen molar-refractivity contribution in [3.63, 3.8) is 0 Å². The third-order valence-corrected chi connectivity index (χ3v) is 5.00. The lowest BCUT2D eigenvalue weighted by atomic mass is 10.2. The Morgan fingerprint density at radius 2 is 2.13 bits per heavy atom. The molecule has 23 heavy (non-hydrogen) atoms. The van der Waals surface area contributed by atoms with Crippen LogP contribution in [-0.2, 0) is 11.3 Å². The lowest BCUT2D eigenvalue weighted by Gasteiger charge is -1.99. The van der Waals surface area contributed by atoms with Gasteiger partial charge in [-0.1, -0.05) is 30.3 Å². The fourth-order valence-corrected chi connectivity index (χ4v) is 3.52. The number of aromatic nitrogens is 2. The van der Waals surface area contributed by atoms with Crippen LogP contribution in [0, 0.1) is 6.92 Å². The molecule has 1 amide bonds. The predicted molar refractivity (Wildman–Crippen MR) is 95.3 cm³/mol. The van der Waals surface area contributed by atoms with Gasteiger partial charge in [0.1, 0.15) is 5.01 Å². The largest absolute Gasteiger partial charge is 0.348 e. The molecular formula is C17H15N3OS2. The normalized spacial score (nSPS) is 11.0. The van der Waals surface area contributed by atoms with Gasteiger partial charge in [0.2, 0.25) is 5.91 Å². The molecule has 0 aliphatic heterocycles. The topological polar surface area (TPSA) is 54.9 Å². The number of hydrogen-bond acceptors (Lipinski definition) is 5. The standard InChI is InChI=1S/C17H15N3OS2/c1-12-15(23-17(20-12)13-5-3-2-4-6-13)9-18-16(21)8-7-14-10-22-11-19-14/h2-8,10-11H,9H2,1H3,(H,18,21)/b8-7+. The molecule has 1 aromatic carbocycles. The van der Waals surface area contributed by atoms with E-state index < -0.39 is 0 Å². The first-order chi connectivity index (χ1) is 11.2. The van der Waals surface area contributed by atoms with E-state index in [-0.39, 0.29) is 5.91 Å². The van der Waals surface area contributed by atoms with Gasteiger partial charge in [-0.3, -0.25) is 4.79 Å². The molecular weight excluding hydrogens is 326 g/mol. The van der Waals surface area contributed by atoms with Crippen LogP contribution in [0.15, 0.2) is 47.3 Å². The average Bonchev–Trinajstić information content (AvgIpc) is 3.21. The maximum Gasteiger partial charge on any atom is 0.244 e. The molecule has 0 radical (unpaired) electrons. The Labute approximate surface area is 142 Å². The highest BCUT2D eigenvalue weighted by atomic mass is 32.1. The zero-order chi connectivity index (χ0) is 16.1. The zero-order valence-electron chi connectivity index (χ0n) is 12.5. The Morgan fingerprint density at radius 3 is 2.87 bits per heavy atom. The summed E-state index contributed by atoms with van der Waals surface area (Å²) in [6.45, 7) is 2.45. The van der Waals surface area contributed by atoms with Crippen molar-refractivity contribution in [1.29, 1.82) is 0 Å². The molecule has 0 saturated heterocycles. The van der Waals surface area contributed by atoms with Gasteiger partial charge in [-0.05, 0) is 13.0 Å². The van der Waals surface area contributed by atoms with Crippen LogP contribution in [0.1, 0.15) is 16.3 Å². The third-order valence-electron chi connectivity index (χ3n) is 3.19. The maximum atomic E-state index is 11.9. The lowest BCUT2D eigenvalue weighted by molar-refractivity contribution is -0.116. The number of nitrogens with zero attached hydrogens (tertiary/aromatic N) is 2. The van der Waals surface area contributed by atoms with Gasteiger partial charge in [-0.25, -0.2) is 9.97 Å². The van der Waals surface area contributed by atoms with Crippen molar-refractivity contribution >= 4 is 34.7 Å². The van der Waals surface area contributed by atoms with Crippen LogP contribution in [0.3, 0.4) is 0 Å². The molecule has 0 aliphatic carbocycles. The molecule has 2 aromatic heterocycles. The number of aryl methyl sites for hydroxylation is 1. The first-order valence-corrected chi connectivity index (χ1v) is 8.84. The Balaban J connectivity index is 1.62. The number of amides is 1. The fraction of sp³-hybridized carbons (Fsp3) is 0.118. The van der Waals surface area contributed by atoms with Crippen LogP contribution in [0.4, 0.5) is 0 Å². The van der Waals surface area contributed by atoms with E-state index in [4.69, 9.17) is 0 Å². The van der Waals surface area contributed by atoms with Crippen molar-refractivity contribution in [1.82, 2.24) is 15.3 Å². The van der Waals surface area contributed by atoms with Crippen LogP contribution < -0.4 is 5.32 Å². The van der Waals surface area contributed by atoms with Crippen LogP contribution in [0.5, 0.6) is 0 Å². The van der Waals surface area contributed by atoms with Crippen molar-refractivity contribution in [2.45, 2.75) is 13.5 Å². The van der Waals surface area contributed by atoms with Gasteiger partial charge in [0.05, 0.1) is 23.4 Å². The quantitative estimate of drug-likeness (QED) is 0.716. The van der Waals surface area contributed by atoms with Gasteiger partial charge in [0.15, 0.2) is 0 Å². The highest BCUT2D eigenvalue weighted by Crippen LogP contribution is 2.27. The number of hydrogen-bond donors (Lipinski definition) is 1. The van der Waals surface area contributed by atoms with Gasteiger partial charge in [-0.15, -0.1) is 22.7 Å². The Hall–Kier alpha value is -2.31. The van der Waals surface area contributed by atoms with E-state index >= 15 is 0 Å². The molecule has 3 rings (SSSR count). The van der Waals surface area contributed by atoms with Crippen LogP contribution >= 0.6 is 22.7 Å². The summed E-state index contributed by atoms with van der Waals surface area (Å²) in [5, 5.41) is 5.76. The number of thiazole rings is 2. The summed E-state index contributed by atoms with van der Waals surface area (Å²) in [6, 6.07) is 10.1. The van der Waals surface area contributed by atoms with Gasteiger partial charge >= 0.3 is 0 Å². The second kappa shape index (κ2) is 7.30. The molecule has 6 heteroatoms. The summed E-state index contributed by atoms with van der Waals surface area (Å²) in [5.74, 6) is -0.132. The van der Waals surface area contributed by atoms with E-state index in [2.05, 4.69) is 15.3 Å². The SMILES string of the molecule is Cc1nc(-c2ccccc2)sc1CNC(=O)/C=C/c1cscn1. The van der Waals surface area contributed by atoms with E-state index in [0.29, 0.717) is 6.54 Å². The van der Waals surface area contributed by atoms with Crippen molar-refractivity contribution in [3.05, 3.63) is 63.6 Å². The van der Waals surface area contributed by atoms with E-state index in [9.17, 15) is 4.79 Å². The summed E-state index contributed by atoms with van der Waals surface area (Å²) in [6.07, 6.45) is 3.21. The highest BCUT2D eigenvalue weighted by Gasteiger charge is 2.09. The molecule has 0 bridgehead atoms. The molecule has 0 saturated carbocycles. The van der Waals surface area contributed by atoms with Crippen LogP contribution in [-0.4, -0.2) is 15.9 Å². The highest BCUT2D eigenvalue weighted by molar-refractivity contribution is 7.15. The molecule has 0 atom stereocenters. The molecule has 0 aliphatic rings. The summed E-state index contributed by atoms with van der Waals surface area (Å²) in [4.78, 5) is 21.6. The minimum absolute atomic E-state index is 0.132. The third kappa shape index (κ3) is 4.12. The number of carbonyl (C=O) groups is 1. The van der Waals surface area contributed by atoms with Crippen LogP contribution in [0.2, 0.25) is 0 Å². The summed E-state index contributed by atoms with van der Waals surface area (Å²) >= 11 is 3.11. The van der Waals surface area contributed by atoms with Crippen molar-refractivity contribution < 1.29 is 4.79 Å². The molecule has 0 unspecified atom stereocenters. The molecule has 2 heterocycles. The predicted octanol–water partition coefficient (Wildman–Crippen LogP) is 3.90. The Kier molecular flexibility index (Phi) is 4.95. The van der Waals surface area contributed by atoms with Gasteiger partial charge in [0, 0.05) is 21.9 Å². The minimum atomic E-state index is -0.132. The lowest BCUT2D eigenvalue weighted by Crippen LogP contribution is -2.20. The molecule has 0 fully saturated rings. The molecule has 4 nitrogen and oxygen atoms in total. The van der Waals surface area contributed by atoms with Gasteiger partial charge in [0.25, 0.3) is 0 Å². The molecule has 116 valence electrons. The second-order valence-electron chi connectivity index (χ2n) is 4.86. The maximum absolute atomic E-state index is 11.9. The summed E-state index contributed by atoms with van der Waals surface area (Å²) in [5.41, 5.74) is 4.59. The first kappa shape index (κ1) is 15.6. The minimum Gasteiger partial charge on any atom is -0.348 e. The number of rotatable bonds is 5. The zero-order valence-corrected chi connectivity index (χ0v) is 14.2. The van der Waals surface area contributed by atoms with Gasteiger partial charge in [-0.2, -0.15) is 0 Å². The summed E-state index contributed by atoms with van der Waals surface area (Å²) < 4.78 is 0. The number of carbonyl (C=O) groups excluding carboxylic acids is 1. The van der Waals surface area contributed by atoms with Crippen molar-refractivity contribution in [2.24, 2.45) is 0 Å². The molecule has 3 aromatic rings. The molecule has 1 N–H and O–H groups in total. The average molecular weight is 341 g/mol. The number of benzene rings is 1. The van der Waals surface area contributed by atoms with Crippen LogP contribution in [0.25, 0.3) is 16.6 Å². The monoisotopic (exact) mass is 341 g/mol.